The molecule has 0 aliphatic heterocycles. The normalized spacial score (nSPS) is 11.5. The van der Waals surface area contributed by atoms with E-state index in [1.54, 1.807) is 25.2 Å². The van der Waals surface area contributed by atoms with Crippen molar-refractivity contribution in [2.45, 2.75) is 18.4 Å². The van der Waals surface area contributed by atoms with Crippen molar-refractivity contribution >= 4 is 15.7 Å². The fourth-order valence-electron chi connectivity index (χ4n) is 1.76. The molecule has 6 heteroatoms. The van der Waals surface area contributed by atoms with E-state index in [2.05, 4.69) is 15.0 Å². The minimum Gasteiger partial charge on any atom is -0.363 e. The minimum atomic E-state index is -3.54. The van der Waals surface area contributed by atoms with Crippen molar-refractivity contribution in [2.24, 2.45) is 0 Å². The number of benzene rings is 1. The predicted molar refractivity (Wildman–Crippen MR) is 75.5 cm³/mol. The van der Waals surface area contributed by atoms with Crippen LogP contribution in [0.15, 0.2) is 41.4 Å². The van der Waals surface area contributed by atoms with Gasteiger partial charge < -0.3 is 10.3 Å². The third-order valence-electron chi connectivity index (χ3n) is 2.78. The number of hydrogen-bond donors (Lipinski definition) is 3. The largest absolute Gasteiger partial charge is 0.363 e. The Hall–Kier alpha value is -1.79. The lowest BCUT2D eigenvalue weighted by atomic mass is 10.2. The van der Waals surface area contributed by atoms with Crippen molar-refractivity contribution < 1.29 is 8.42 Å². The molecule has 0 aliphatic rings. The van der Waals surface area contributed by atoms with E-state index in [4.69, 9.17) is 0 Å². The molecule has 0 fully saturated rings. The molecule has 2 rings (SSSR count). The molecule has 0 saturated heterocycles. The van der Waals surface area contributed by atoms with Gasteiger partial charge in [-0.2, -0.15) is 0 Å². The molecular weight excluding hydrogens is 262 g/mol. The Morgan fingerprint density at radius 3 is 2.68 bits per heavy atom. The van der Waals surface area contributed by atoms with Crippen LogP contribution < -0.4 is 10.0 Å². The maximum Gasteiger partial charge on any atom is 0.263 e. The van der Waals surface area contributed by atoms with Crippen LogP contribution in [0.3, 0.4) is 0 Å². The number of nitrogens with one attached hydrogen (secondary N) is 3. The van der Waals surface area contributed by atoms with Crippen LogP contribution in [0.4, 0.5) is 5.69 Å². The van der Waals surface area contributed by atoms with Crippen molar-refractivity contribution in [1.29, 1.82) is 0 Å². The Kier molecular flexibility index (Phi) is 3.92. The molecule has 5 nitrogen and oxygen atoms in total. The first kappa shape index (κ1) is 13.6. The van der Waals surface area contributed by atoms with E-state index in [0.717, 1.165) is 11.3 Å². The third kappa shape index (κ3) is 3.15. The standard InChI is InChI=1S/C13H17N3O2S/c1-10-5-3-4-6-13(10)16-19(17,18)12-7-11(8-14-2)15-9-12/h3-7,9,14-16H,8H2,1-2H3. The lowest BCUT2D eigenvalue weighted by Gasteiger charge is -2.08. The maximum atomic E-state index is 12.2. The van der Waals surface area contributed by atoms with Crippen molar-refractivity contribution in [1.82, 2.24) is 10.3 Å². The van der Waals surface area contributed by atoms with Crippen molar-refractivity contribution in [3.63, 3.8) is 0 Å². The number of H-pyrrole nitrogens is 1. The number of aryl methyl sites for hydroxylation is 1. The average Bonchev–Trinajstić information content (AvgIpc) is 2.82. The molecule has 0 unspecified atom stereocenters. The molecule has 0 saturated carbocycles. The second-order valence-corrected chi connectivity index (χ2v) is 5.99. The molecule has 0 atom stereocenters. The molecule has 0 aliphatic carbocycles. The van der Waals surface area contributed by atoms with Gasteiger partial charge in [0, 0.05) is 18.4 Å². The van der Waals surface area contributed by atoms with E-state index in [9.17, 15) is 8.42 Å². The molecule has 0 amide bonds. The van der Waals surface area contributed by atoms with Crippen molar-refractivity contribution in [3.8, 4) is 0 Å². The summed E-state index contributed by atoms with van der Waals surface area (Å²) in [7, 11) is -1.74. The second-order valence-electron chi connectivity index (χ2n) is 4.31. The fraction of sp³-hybridized carbons (Fsp3) is 0.231. The van der Waals surface area contributed by atoms with Gasteiger partial charge in [-0.1, -0.05) is 18.2 Å². The van der Waals surface area contributed by atoms with Gasteiger partial charge in [0.25, 0.3) is 10.0 Å². The summed E-state index contributed by atoms with van der Waals surface area (Å²) in [6, 6.07) is 8.90. The highest BCUT2D eigenvalue weighted by atomic mass is 32.2. The van der Waals surface area contributed by atoms with Crippen molar-refractivity contribution in [2.75, 3.05) is 11.8 Å². The molecular formula is C13H17N3O2S. The minimum absolute atomic E-state index is 0.237. The Labute approximate surface area is 113 Å². The van der Waals surface area contributed by atoms with Crippen LogP contribution in [0.5, 0.6) is 0 Å². The number of rotatable bonds is 5. The summed E-state index contributed by atoms with van der Waals surface area (Å²) in [4.78, 5) is 3.17. The smallest absolute Gasteiger partial charge is 0.263 e. The topological polar surface area (TPSA) is 74.0 Å². The Bertz CT molecular complexity index is 662. The van der Waals surface area contributed by atoms with Crippen LogP contribution in [-0.4, -0.2) is 20.4 Å². The Morgan fingerprint density at radius 1 is 1.26 bits per heavy atom. The third-order valence-corrected chi connectivity index (χ3v) is 4.13. The fourth-order valence-corrected chi connectivity index (χ4v) is 2.91. The van der Waals surface area contributed by atoms with Crippen LogP contribution >= 0.6 is 0 Å². The molecule has 0 bridgehead atoms. The molecule has 1 aromatic heterocycles. The van der Waals surface area contributed by atoms with E-state index in [0.29, 0.717) is 12.2 Å². The summed E-state index contributed by atoms with van der Waals surface area (Å²) in [6.45, 7) is 2.46. The lowest BCUT2D eigenvalue weighted by Crippen LogP contribution is -2.13. The summed E-state index contributed by atoms with van der Waals surface area (Å²) in [6.07, 6.45) is 1.49. The Balaban J connectivity index is 2.25. The maximum absolute atomic E-state index is 12.2. The molecule has 1 heterocycles. The van der Waals surface area contributed by atoms with Gasteiger partial charge in [0.1, 0.15) is 4.90 Å². The van der Waals surface area contributed by atoms with Gasteiger partial charge in [-0.15, -0.1) is 0 Å². The summed E-state index contributed by atoms with van der Waals surface area (Å²) in [5, 5.41) is 2.96. The van der Waals surface area contributed by atoms with E-state index in [-0.39, 0.29) is 4.90 Å². The molecule has 19 heavy (non-hydrogen) atoms. The number of aromatic amines is 1. The van der Waals surface area contributed by atoms with Crippen LogP contribution in [-0.2, 0) is 16.6 Å². The Morgan fingerprint density at radius 2 is 2.00 bits per heavy atom. The number of hydrogen-bond acceptors (Lipinski definition) is 3. The summed E-state index contributed by atoms with van der Waals surface area (Å²) in [5.41, 5.74) is 2.31. The van der Waals surface area contributed by atoms with Gasteiger partial charge in [0.05, 0.1) is 5.69 Å². The van der Waals surface area contributed by atoms with Gasteiger partial charge in [0.2, 0.25) is 0 Å². The molecule has 3 N–H and O–H groups in total. The predicted octanol–water partition coefficient (Wildman–Crippen LogP) is 1.84. The van der Waals surface area contributed by atoms with E-state index >= 15 is 0 Å². The summed E-state index contributed by atoms with van der Waals surface area (Å²) >= 11 is 0. The van der Waals surface area contributed by atoms with Gasteiger partial charge in [-0.25, -0.2) is 8.42 Å². The van der Waals surface area contributed by atoms with E-state index < -0.39 is 10.0 Å². The first-order valence-corrected chi connectivity index (χ1v) is 7.41. The highest BCUT2D eigenvalue weighted by molar-refractivity contribution is 7.92. The van der Waals surface area contributed by atoms with Crippen LogP contribution in [0, 0.1) is 6.92 Å². The SMILES string of the molecule is CNCc1cc(S(=O)(=O)Nc2ccccc2C)c[nH]1. The van der Waals surface area contributed by atoms with Crippen LogP contribution in [0.2, 0.25) is 0 Å². The highest BCUT2D eigenvalue weighted by Crippen LogP contribution is 2.19. The van der Waals surface area contributed by atoms with Crippen LogP contribution in [0.1, 0.15) is 11.3 Å². The quantitative estimate of drug-likeness (QED) is 0.782. The summed E-state index contributed by atoms with van der Waals surface area (Å²) < 4.78 is 27.0. The molecule has 102 valence electrons. The molecule has 0 spiro atoms. The summed E-state index contributed by atoms with van der Waals surface area (Å²) in [5.74, 6) is 0. The lowest BCUT2D eigenvalue weighted by molar-refractivity contribution is 0.601. The van der Waals surface area contributed by atoms with E-state index in [1.165, 1.54) is 6.20 Å². The first-order chi connectivity index (χ1) is 9.03. The molecule has 0 radical (unpaired) electrons. The zero-order valence-electron chi connectivity index (χ0n) is 10.9. The van der Waals surface area contributed by atoms with Gasteiger partial charge in [-0.3, -0.25) is 4.72 Å². The average molecular weight is 279 g/mol. The van der Waals surface area contributed by atoms with Crippen molar-refractivity contribution in [3.05, 3.63) is 47.8 Å². The molecule has 2 aromatic rings. The number of para-hydroxylation sites is 1. The second kappa shape index (κ2) is 5.46. The zero-order valence-corrected chi connectivity index (χ0v) is 11.7. The first-order valence-electron chi connectivity index (χ1n) is 5.93. The highest BCUT2D eigenvalue weighted by Gasteiger charge is 2.16. The van der Waals surface area contributed by atoms with Gasteiger partial charge in [0.15, 0.2) is 0 Å². The zero-order chi connectivity index (χ0) is 13.9. The van der Waals surface area contributed by atoms with Crippen LogP contribution in [0.25, 0.3) is 0 Å². The number of anilines is 1. The molecule has 1 aromatic carbocycles. The van der Waals surface area contributed by atoms with Gasteiger partial charge in [-0.05, 0) is 31.7 Å². The van der Waals surface area contributed by atoms with Gasteiger partial charge >= 0.3 is 0 Å². The number of aromatic nitrogens is 1. The number of sulfonamides is 1. The monoisotopic (exact) mass is 279 g/mol. The van der Waals surface area contributed by atoms with E-state index in [1.807, 2.05) is 19.1 Å².